The lowest BCUT2D eigenvalue weighted by atomic mass is 10.0. The molecule has 0 saturated carbocycles. The molecular weight excluding hydrogens is 294 g/mol. The maximum absolute atomic E-state index is 12.0. The summed E-state index contributed by atoms with van der Waals surface area (Å²) >= 11 is 0. The number of amides is 1. The van der Waals surface area contributed by atoms with Crippen molar-refractivity contribution in [1.29, 1.82) is 0 Å². The summed E-state index contributed by atoms with van der Waals surface area (Å²) in [5.74, 6) is -0.689. The number of carbonyl (C=O) groups excluding carboxylic acids is 1. The highest BCUT2D eigenvalue weighted by Gasteiger charge is 2.12. The molecule has 0 aliphatic carbocycles. The lowest BCUT2D eigenvalue weighted by Gasteiger charge is -2.10. The van der Waals surface area contributed by atoms with E-state index in [2.05, 4.69) is 5.32 Å². The SMILES string of the molecule is CC(C)c1ccc(C(=O)NCCCCCCCC(=O)O)c(O)c1. The zero-order valence-corrected chi connectivity index (χ0v) is 14.0. The minimum atomic E-state index is -0.749. The number of carboxylic acids is 1. The highest BCUT2D eigenvalue weighted by atomic mass is 16.4. The third-order valence-electron chi connectivity index (χ3n) is 3.79. The predicted octanol–water partition coefficient (Wildman–Crippen LogP) is 3.67. The van der Waals surface area contributed by atoms with Crippen LogP contribution in [0.5, 0.6) is 5.75 Å². The van der Waals surface area contributed by atoms with Gasteiger partial charge < -0.3 is 15.5 Å². The lowest BCUT2D eigenvalue weighted by molar-refractivity contribution is -0.137. The number of benzene rings is 1. The number of hydrogen-bond acceptors (Lipinski definition) is 3. The smallest absolute Gasteiger partial charge is 0.303 e. The quantitative estimate of drug-likeness (QED) is 0.574. The summed E-state index contributed by atoms with van der Waals surface area (Å²) in [6.45, 7) is 4.62. The van der Waals surface area contributed by atoms with Crippen LogP contribution in [0.1, 0.15) is 74.2 Å². The molecule has 0 aliphatic rings. The summed E-state index contributed by atoms with van der Waals surface area (Å²) in [4.78, 5) is 22.4. The van der Waals surface area contributed by atoms with Crippen molar-refractivity contribution in [2.75, 3.05) is 6.54 Å². The van der Waals surface area contributed by atoms with Gasteiger partial charge in [0.25, 0.3) is 5.91 Å². The second-order valence-electron chi connectivity index (χ2n) is 6.10. The molecule has 0 atom stereocenters. The minimum Gasteiger partial charge on any atom is -0.507 e. The van der Waals surface area contributed by atoms with E-state index in [-0.39, 0.29) is 18.1 Å². The Morgan fingerprint density at radius 1 is 1.09 bits per heavy atom. The van der Waals surface area contributed by atoms with E-state index in [1.165, 1.54) is 0 Å². The Hall–Kier alpha value is -2.04. The standard InChI is InChI=1S/C18H27NO4/c1-13(2)14-9-10-15(16(20)12-14)18(23)19-11-7-5-3-4-6-8-17(21)22/h9-10,12-13,20H,3-8,11H2,1-2H3,(H,19,23)(H,21,22). The number of rotatable bonds is 10. The Morgan fingerprint density at radius 3 is 2.35 bits per heavy atom. The monoisotopic (exact) mass is 321 g/mol. The number of carbonyl (C=O) groups is 2. The van der Waals surface area contributed by atoms with Crippen LogP contribution >= 0.6 is 0 Å². The van der Waals surface area contributed by atoms with Crippen LogP contribution in [0.4, 0.5) is 0 Å². The van der Waals surface area contributed by atoms with Gasteiger partial charge in [-0.2, -0.15) is 0 Å². The van der Waals surface area contributed by atoms with Gasteiger partial charge in [0.15, 0.2) is 0 Å². The number of aliphatic carboxylic acids is 1. The summed E-state index contributed by atoms with van der Waals surface area (Å²) in [6.07, 6.45) is 4.61. The number of phenols is 1. The maximum atomic E-state index is 12.0. The van der Waals surface area contributed by atoms with Crippen molar-refractivity contribution in [2.24, 2.45) is 0 Å². The molecule has 1 aromatic rings. The molecule has 5 nitrogen and oxygen atoms in total. The van der Waals surface area contributed by atoms with E-state index < -0.39 is 5.97 Å². The Bertz CT molecular complexity index is 526. The van der Waals surface area contributed by atoms with Gasteiger partial charge in [-0.1, -0.05) is 39.2 Å². The zero-order chi connectivity index (χ0) is 17.2. The Morgan fingerprint density at radius 2 is 1.74 bits per heavy atom. The molecule has 0 heterocycles. The van der Waals surface area contributed by atoms with Crippen LogP contribution in [0.15, 0.2) is 18.2 Å². The second kappa shape index (κ2) is 9.87. The van der Waals surface area contributed by atoms with E-state index >= 15 is 0 Å². The highest BCUT2D eigenvalue weighted by Crippen LogP contribution is 2.23. The van der Waals surface area contributed by atoms with Crippen molar-refractivity contribution >= 4 is 11.9 Å². The molecule has 23 heavy (non-hydrogen) atoms. The second-order valence-corrected chi connectivity index (χ2v) is 6.10. The summed E-state index contributed by atoms with van der Waals surface area (Å²) in [7, 11) is 0. The Kier molecular flexibility index (Phi) is 8.16. The normalized spacial score (nSPS) is 10.7. The van der Waals surface area contributed by atoms with E-state index in [9.17, 15) is 14.7 Å². The highest BCUT2D eigenvalue weighted by molar-refractivity contribution is 5.96. The average molecular weight is 321 g/mol. The summed E-state index contributed by atoms with van der Waals surface area (Å²) in [6, 6.07) is 5.16. The lowest BCUT2D eigenvalue weighted by Crippen LogP contribution is -2.24. The van der Waals surface area contributed by atoms with E-state index in [0.29, 0.717) is 24.4 Å². The van der Waals surface area contributed by atoms with Crippen LogP contribution in [0.2, 0.25) is 0 Å². The van der Waals surface area contributed by atoms with Gasteiger partial charge in [0.05, 0.1) is 5.56 Å². The third-order valence-corrected chi connectivity index (χ3v) is 3.79. The van der Waals surface area contributed by atoms with E-state index in [1.54, 1.807) is 12.1 Å². The van der Waals surface area contributed by atoms with E-state index in [0.717, 1.165) is 31.2 Å². The number of carboxylic acid groups (broad SMARTS) is 1. The molecule has 1 amide bonds. The van der Waals surface area contributed by atoms with Gasteiger partial charge in [-0.3, -0.25) is 9.59 Å². The fraction of sp³-hybridized carbons (Fsp3) is 0.556. The number of unbranched alkanes of at least 4 members (excludes halogenated alkanes) is 4. The average Bonchev–Trinajstić information content (AvgIpc) is 2.49. The zero-order valence-electron chi connectivity index (χ0n) is 14.0. The van der Waals surface area contributed by atoms with Crippen molar-refractivity contribution in [2.45, 2.75) is 58.3 Å². The first-order chi connectivity index (χ1) is 10.9. The minimum absolute atomic E-state index is 0.0161. The van der Waals surface area contributed by atoms with Crippen molar-refractivity contribution in [3.8, 4) is 5.75 Å². The number of phenolic OH excluding ortho intramolecular Hbond substituents is 1. The molecule has 128 valence electrons. The number of hydrogen-bond donors (Lipinski definition) is 3. The van der Waals surface area contributed by atoms with E-state index in [4.69, 9.17) is 5.11 Å². The molecule has 0 radical (unpaired) electrons. The molecule has 0 unspecified atom stereocenters. The fourth-order valence-corrected chi connectivity index (χ4v) is 2.33. The van der Waals surface area contributed by atoms with Gasteiger partial charge in [0, 0.05) is 13.0 Å². The molecule has 0 bridgehead atoms. The third kappa shape index (κ3) is 7.17. The van der Waals surface area contributed by atoms with Gasteiger partial charge in [0.2, 0.25) is 0 Å². The van der Waals surface area contributed by atoms with Crippen LogP contribution < -0.4 is 5.32 Å². The fourth-order valence-electron chi connectivity index (χ4n) is 2.33. The molecule has 0 saturated heterocycles. The van der Waals surface area contributed by atoms with Crippen LogP contribution in [0, 0.1) is 0 Å². The van der Waals surface area contributed by atoms with Crippen LogP contribution in [0.3, 0.4) is 0 Å². The molecule has 1 rings (SSSR count). The summed E-state index contributed by atoms with van der Waals surface area (Å²) in [5.41, 5.74) is 1.30. The van der Waals surface area contributed by atoms with Crippen molar-refractivity contribution in [3.63, 3.8) is 0 Å². The van der Waals surface area contributed by atoms with E-state index in [1.807, 2.05) is 19.9 Å². The molecule has 1 aromatic carbocycles. The first-order valence-corrected chi connectivity index (χ1v) is 8.24. The van der Waals surface area contributed by atoms with Gasteiger partial charge in [0.1, 0.15) is 5.75 Å². The molecule has 3 N–H and O–H groups in total. The first-order valence-electron chi connectivity index (χ1n) is 8.24. The molecular formula is C18H27NO4. The molecule has 0 spiro atoms. The van der Waals surface area contributed by atoms with Gasteiger partial charge >= 0.3 is 5.97 Å². The van der Waals surface area contributed by atoms with Gasteiger partial charge in [-0.25, -0.2) is 0 Å². The van der Waals surface area contributed by atoms with Crippen molar-refractivity contribution < 1.29 is 19.8 Å². The van der Waals surface area contributed by atoms with Crippen molar-refractivity contribution in [1.82, 2.24) is 5.32 Å². The number of nitrogens with one attached hydrogen (secondary N) is 1. The van der Waals surface area contributed by atoms with Crippen LogP contribution in [-0.2, 0) is 4.79 Å². The summed E-state index contributed by atoms with van der Waals surface area (Å²) < 4.78 is 0. The van der Waals surface area contributed by atoms with Gasteiger partial charge in [-0.15, -0.1) is 0 Å². The number of aromatic hydroxyl groups is 1. The van der Waals surface area contributed by atoms with Crippen LogP contribution in [-0.4, -0.2) is 28.6 Å². The topological polar surface area (TPSA) is 86.6 Å². The predicted molar refractivity (Wildman–Crippen MR) is 89.9 cm³/mol. The van der Waals surface area contributed by atoms with Crippen LogP contribution in [0.25, 0.3) is 0 Å². The Labute approximate surface area is 137 Å². The summed E-state index contributed by atoms with van der Waals surface area (Å²) in [5, 5.41) is 21.3. The molecule has 0 fully saturated rings. The molecule has 5 heteroatoms. The maximum Gasteiger partial charge on any atom is 0.303 e. The Balaban J connectivity index is 2.25. The largest absolute Gasteiger partial charge is 0.507 e. The molecule has 0 aliphatic heterocycles. The first kappa shape index (κ1) is 19.0. The molecule has 0 aromatic heterocycles. The van der Waals surface area contributed by atoms with Gasteiger partial charge in [-0.05, 0) is 36.5 Å². The van der Waals surface area contributed by atoms with Crippen molar-refractivity contribution in [3.05, 3.63) is 29.3 Å².